The molecule has 2 rings (SSSR count). The summed E-state index contributed by atoms with van der Waals surface area (Å²) in [5.74, 6) is 2.92. The lowest BCUT2D eigenvalue weighted by atomic mass is 9.69. The maximum absolute atomic E-state index is 5.97. The highest BCUT2D eigenvalue weighted by Gasteiger charge is 2.31. The van der Waals surface area contributed by atoms with Crippen molar-refractivity contribution in [3.8, 4) is 0 Å². The predicted octanol–water partition coefficient (Wildman–Crippen LogP) is 4.29. The van der Waals surface area contributed by atoms with Gasteiger partial charge in [-0.2, -0.15) is 0 Å². The molecule has 106 valence electrons. The van der Waals surface area contributed by atoms with Crippen molar-refractivity contribution >= 4 is 28.4 Å². The second-order valence-corrected chi connectivity index (χ2v) is 7.86. The molecule has 1 aromatic heterocycles. The standard InChI is InChI=1S/C15H24IN3/c1-9-12(16)13(17)19-14(18-9)10-5-7-11(8-6-10)15(2,3)4/h10-11H,5-8H2,1-4H3,(H2,17,18,19). The molecule has 1 aliphatic rings. The van der Waals surface area contributed by atoms with Crippen LogP contribution < -0.4 is 5.73 Å². The summed E-state index contributed by atoms with van der Waals surface area (Å²) in [6, 6.07) is 0. The van der Waals surface area contributed by atoms with Crippen molar-refractivity contribution in [3.05, 3.63) is 15.1 Å². The molecule has 0 spiro atoms. The first-order valence-electron chi connectivity index (χ1n) is 7.08. The molecule has 1 aromatic rings. The van der Waals surface area contributed by atoms with Crippen LogP contribution in [0.25, 0.3) is 0 Å². The van der Waals surface area contributed by atoms with E-state index in [2.05, 4.69) is 53.3 Å². The van der Waals surface area contributed by atoms with Crippen LogP contribution in [0.5, 0.6) is 0 Å². The molecule has 4 heteroatoms. The highest BCUT2D eigenvalue weighted by Crippen LogP contribution is 2.42. The van der Waals surface area contributed by atoms with Crippen LogP contribution in [-0.2, 0) is 0 Å². The number of hydrogen-bond acceptors (Lipinski definition) is 3. The number of nitrogen functional groups attached to an aromatic ring is 1. The molecule has 19 heavy (non-hydrogen) atoms. The molecule has 1 aliphatic carbocycles. The lowest BCUT2D eigenvalue weighted by Gasteiger charge is -2.36. The molecule has 0 aromatic carbocycles. The molecule has 1 fully saturated rings. The molecule has 0 aliphatic heterocycles. The summed E-state index contributed by atoms with van der Waals surface area (Å²) in [6.07, 6.45) is 4.95. The lowest BCUT2D eigenvalue weighted by molar-refractivity contribution is 0.167. The van der Waals surface area contributed by atoms with Gasteiger partial charge in [0.05, 0.1) is 9.26 Å². The van der Waals surface area contributed by atoms with Gasteiger partial charge >= 0.3 is 0 Å². The number of nitrogens with two attached hydrogens (primary N) is 1. The van der Waals surface area contributed by atoms with Crippen molar-refractivity contribution in [3.63, 3.8) is 0 Å². The van der Waals surface area contributed by atoms with Gasteiger partial charge in [0.1, 0.15) is 11.6 Å². The van der Waals surface area contributed by atoms with Gasteiger partial charge in [0.2, 0.25) is 0 Å². The molecule has 1 saturated carbocycles. The van der Waals surface area contributed by atoms with Crippen molar-refractivity contribution in [1.29, 1.82) is 0 Å². The van der Waals surface area contributed by atoms with Crippen molar-refractivity contribution in [2.24, 2.45) is 11.3 Å². The second kappa shape index (κ2) is 5.54. The summed E-state index contributed by atoms with van der Waals surface area (Å²) in [6.45, 7) is 9.06. The smallest absolute Gasteiger partial charge is 0.140 e. The minimum Gasteiger partial charge on any atom is -0.383 e. The molecule has 0 amide bonds. The van der Waals surface area contributed by atoms with E-state index in [0.29, 0.717) is 17.2 Å². The number of aromatic nitrogens is 2. The van der Waals surface area contributed by atoms with E-state index in [-0.39, 0.29) is 0 Å². The van der Waals surface area contributed by atoms with Crippen LogP contribution in [0.4, 0.5) is 5.82 Å². The largest absolute Gasteiger partial charge is 0.383 e. The van der Waals surface area contributed by atoms with Crippen molar-refractivity contribution in [2.45, 2.75) is 59.3 Å². The lowest BCUT2D eigenvalue weighted by Crippen LogP contribution is -2.26. The van der Waals surface area contributed by atoms with E-state index in [0.717, 1.165) is 21.0 Å². The van der Waals surface area contributed by atoms with Gasteiger partial charge in [0, 0.05) is 5.92 Å². The molecular formula is C15H24IN3. The van der Waals surface area contributed by atoms with Gasteiger partial charge in [-0.25, -0.2) is 9.97 Å². The summed E-state index contributed by atoms with van der Waals surface area (Å²) < 4.78 is 0.990. The number of nitrogens with zero attached hydrogens (tertiary/aromatic N) is 2. The van der Waals surface area contributed by atoms with E-state index in [4.69, 9.17) is 5.73 Å². The number of hydrogen-bond donors (Lipinski definition) is 1. The first-order chi connectivity index (χ1) is 8.79. The Morgan fingerprint density at radius 2 is 1.68 bits per heavy atom. The van der Waals surface area contributed by atoms with Crippen LogP contribution in [0.1, 0.15) is 63.9 Å². The van der Waals surface area contributed by atoms with E-state index in [1.165, 1.54) is 25.7 Å². The van der Waals surface area contributed by atoms with Gasteiger partial charge in [0.15, 0.2) is 0 Å². The average molecular weight is 373 g/mol. The van der Waals surface area contributed by atoms with Crippen molar-refractivity contribution in [2.75, 3.05) is 5.73 Å². The highest BCUT2D eigenvalue weighted by molar-refractivity contribution is 14.1. The zero-order valence-corrected chi connectivity index (χ0v) is 14.5. The van der Waals surface area contributed by atoms with E-state index < -0.39 is 0 Å². The van der Waals surface area contributed by atoms with Gasteiger partial charge < -0.3 is 5.73 Å². The monoisotopic (exact) mass is 373 g/mol. The Morgan fingerprint density at radius 3 is 2.16 bits per heavy atom. The fourth-order valence-corrected chi connectivity index (χ4v) is 3.25. The van der Waals surface area contributed by atoms with Crippen LogP contribution in [-0.4, -0.2) is 9.97 Å². The van der Waals surface area contributed by atoms with E-state index >= 15 is 0 Å². The maximum Gasteiger partial charge on any atom is 0.140 e. The zero-order chi connectivity index (χ0) is 14.2. The van der Waals surface area contributed by atoms with Crippen molar-refractivity contribution < 1.29 is 0 Å². The zero-order valence-electron chi connectivity index (χ0n) is 12.3. The van der Waals surface area contributed by atoms with Crippen LogP contribution >= 0.6 is 22.6 Å². The summed E-state index contributed by atoms with van der Waals surface area (Å²) in [4.78, 5) is 9.15. The van der Waals surface area contributed by atoms with Gasteiger partial charge in [-0.3, -0.25) is 0 Å². The Balaban J connectivity index is 2.10. The van der Waals surface area contributed by atoms with E-state index in [1.807, 2.05) is 6.92 Å². The third-order valence-electron chi connectivity index (χ3n) is 4.38. The fraction of sp³-hybridized carbons (Fsp3) is 0.733. The normalized spacial score (nSPS) is 24.5. The number of rotatable bonds is 1. The quantitative estimate of drug-likeness (QED) is 0.747. The Kier molecular flexibility index (Phi) is 4.38. The number of aryl methyl sites for hydroxylation is 1. The predicted molar refractivity (Wildman–Crippen MR) is 88.1 cm³/mol. The molecule has 3 nitrogen and oxygen atoms in total. The van der Waals surface area contributed by atoms with Gasteiger partial charge in [0.25, 0.3) is 0 Å². The first kappa shape index (κ1) is 15.0. The summed E-state index contributed by atoms with van der Waals surface area (Å²) in [5.41, 5.74) is 7.40. The number of anilines is 1. The number of halogens is 1. The van der Waals surface area contributed by atoms with Crippen LogP contribution in [0.2, 0.25) is 0 Å². The van der Waals surface area contributed by atoms with Crippen LogP contribution in [0.15, 0.2) is 0 Å². The van der Waals surface area contributed by atoms with Crippen LogP contribution in [0, 0.1) is 21.8 Å². The molecule has 0 radical (unpaired) electrons. The topological polar surface area (TPSA) is 51.8 Å². The van der Waals surface area contributed by atoms with Crippen LogP contribution in [0.3, 0.4) is 0 Å². The van der Waals surface area contributed by atoms with E-state index in [1.54, 1.807) is 0 Å². The third-order valence-corrected chi connectivity index (χ3v) is 5.71. The fourth-order valence-electron chi connectivity index (χ4n) is 3.00. The van der Waals surface area contributed by atoms with Crippen molar-refractivity contribution in [1.82, 2.24) is 9.97 Å². The summed E-state index contributed by atoms with van der Waals surface area (Å²) in [7, 11) is 0. The van der Waals surface area contributed by atoms with Gasteiger partial charge in [-0.05, 0) is 66.5 Å². The molecule has 1 heterocycles. The molecule has 0 saturated heterocycles. The Bertz CT molecular complexity index is 434. The van der Waals surface area contributed by atoms with Gasteiger partial charge in [-0.1, -0.05) is 20.8 Å². The minimum atomic E-state index is 0.423. The molecule has 0 unspecified atom stereocenters. The summed E-state index contributed by atoms with van der Waals surface area (Å²) >= 11 is 2.22. The molecular weight excluding hydrogens is 349 g/mol. The van der Waals surface area contributed by atoms with E-state index in [9.17, 15) is 0 Å². The Labute approximate surface area is 129 Å². The molecule has 0 bridgehead atoms. The Morgan fingerprint density at radius 1 is 1.11 bits per heavy atom. The maximum atomic E-state index is 5.97. The minimum absolute atomic E-state index is 0.423. The van der Waals surface area contributed by atoms with Gasteiger partial charge in [-0.15, -0.1) is 0 Å². The highest BCUT2D eigenvalue weighted by atomic mass is 127. The second-order valence-electron chi connectivity index (χ2n) is 6.78. The Hall–Kier alpha value is -0.390. The first-order valence-corrected chi connectivity index (χ1v) is 8.16. The third kappa shape index (κ3) is 3.38. The summed E-state index contributed by atoms with van der Waals surface area (Å²) in [5, 5.41) is 0. The SMILES string of the molecule is Cc1nc(C2CCC(C(C)(C)C)CC2)nc(N)c1I. The molecule has 2 N–H and O–H groups in total. The molecule has 0 atom stereocenters. The average Bonchev–Trinajstić information content (AvgIpc) is 2.34.